The second kappa shape index (κ2) is 7.97. The van der Waals surface area contributed by atoms with E-state index in [1.807, 2.05) is 97.9 Å². The zero-order valence-corrected chi connectivity index (χ0v) is 15.7. The molecule has 3 nitrogen and oxygen atoms in total. The van der Waals surface area contributed by atoms with Crippen LogP contribution in [-0.2, 0) is 11.3 Å². The van der Waals surface area contributed by atoms with Crippen LogP contribution in [0.5, 0.6) is 0 Å². The first-order chi connectivity index (χ1) is 13.7. The maximum atomic E-state index is 13.0. The minimum atomic E-state index is -0.321. The van der Waals surface area contributed by atoms with Crippen molar-refractivity contribution in [3.8, 4) is 22.4 Å². The largest absolute Gasteiger partial charge is 0.457 e. The number of carbonyl (C=O) groups is 1. The maximum absolute atomic E-state index is 13.0. The lowest BCUT2D eigenvalue weighted by Crippen LogP contribution is -2.07. The number of esters is 1. The van der Waals surface area contributed by atoms with Crippen LogP contribution in [0.1, 0.15) is 21.6 Å². The number of rotatable bonds is 5. The number of hydrogen-bond donors (Lipinski definition) is 1. The summed E-state index contributed by atoms with van der Waals surface area (Å²) in [5.74, 6) is -0.321. The molecule has 0 bridgehead atoms. The van der Waals surface area contributed by atoms with Gasteiger partial charge in [-0.2, -0.15) is 0 Å². The number of aromatic nitrogens is 1. The number of H-pyrrole nitrogens is 1. The van der Waals surface area contributed by atoms with E-state index < -0.39 is 0 Å². The Balaban J connectivity index is 1.76. The predicted octanol–water partition coefficient (Wildman–Crippen LogP) is 6.01. The molecule has 0 aliphatic carbocycles. The van der Waals surface area contributed by atoms with Crippen molar-refractivity contribution in [1.29, 1.82) is 0 Å². The number of hydrogen-bond acceptors (Lipinski definition) is 2. The molecule has 4 aromatic rings. The van der Waals surface area contributed by atoms with Crippen LogP contribution in [0.4, 0.5) is 0 Å². The Kier molecular flexibility index (Phi) is 5.07. The normalized spacial score (nSPS) is 10.6. The summed E-state index contributed by atoms with van der Waals surface area (Å²) in [4.78, 5) is 16.4. The van der Waals surface area contributed by atoms with E-state index in [9.17, 15) is 4.79 Å². The number of aromatic amines is 1. The third-order valence-corrected chi connectivity index (χ3v) is 4.73. The quantitative estimate of drug-likeness (QED) is 0.439. The Morgan fingerprint density at radius 2 is 1.32 bits per heavy atom. The zero-order valence-electron chi connectivity index (χ0n) is 15.7. The van der Waals surface area contributed by atoms with E-state index >= 15 is 0 Å². The summed E-state index contributed by atoms with van der Waals surface area (Å²) in [5.41, 5.74) is 6.17. The molecular weight excluding hydrogens is 346 g/mol. The number of ether oxygens (including phenoxy) is 1. The Morgan fingerprint density at radius 3 is 1.93 bits per heavy atom. The highest BCUT2D eigenvalue weighted by molar-refractivity contribution is 6.03. The highest BCUT2D eigenvalue weighted by Crippen LogP contribution is 2.37. The number of carbonyl (C=O) groups excluding carboxylic acids is 1. The van der Waals surface area contributed by atoms with E-state index in [4.69, 9.17) is 4.74 Å². The van der Waals surface area contributed by atoms with Gasteiger partial charge in [-0.1, -0.05) is 91.0 Å². The summed E-state index contributed by atoms with van der Waals surface area (Å²) >= 11 is 0. The van der Waals surface area contributed by atoms with Crippen LogP contribution < -0.4 is 0 Å². The maximum Gasteiger partial charge on any atom is 0.340 e. The van der Waals surface area contributed by atoms with Crippen molar-refractivity contribution in [3.05, 3.63) is 108 Å². The summed E-state index contributed by atoms with van der Waals surface area (Å²) in [5, 5.41) is 0. The average Bonchev–Trinajstić information content (AvgIpc) is 3.11. The van der Waals surface area contributed by atoms with Gasteiger partial charge < -0.3 is 9.72 Å². The summed E-state index contributed by atoms with van der Waals surface area (Å²) < 4.78 is 5.65. The summed E-state index contributed by atoms with van der Waals surface area (Å²) in [6, 6.07) is 29.7. The SMILES string of the molecule is Cc1[nH]c(-c2ccccc2)c(-c2ccccc2)c1C(=O)OCc1ccccc1. The molecule has 0 saturated heterocycles. The van der Waals surface area contributed by atoms with Gasteiger partial charge in [0.15, 0.2) is 0 Å². The van der Waals surface area contributed by atoms with Crippen molar-refractivity contribution in [3.63, 3.8) is 0 Å². The molecule has 1 N–H and O–H groups in total. The highest BCUT2D eigenvalue weighted by Gasteiger charge is 2.24. The number of aryl methyl sites for hydroxylation is 1. The number of benzene rings is 3. The van der Waals surface area contributed by atoms with E-state index in [-0.39, 0.29) is 12.6 Å². The van der Waals surface area contributed by atoms with E-state index in [0.29, 0.717) is 5.56 Å². The summed E-state index contributed by atoms with van der Waals surface area (Å²) in [6.07, 6.45) is 0. The first-order valence-electron chi connectivity index (χ1n) is 9.28. The van der Waals surface area contributed by atoms with Crippen LogP contribution in [0.15, 0.2) is 91.0 Å². The number of nitrogens with one attached hydrogen (secondary N) is 1. The fourth-order valence-corrected chi connectivity index (χ4v) is 3.39. The monoisotopic (exact) mass is 367 g/mol. The van der Waals surface area contributed by atoms with Crippen molar-refractivity contribution in [1.82, 2.24) is 4.98 Å². The molecule has 1 aromatic heterocycles. The molecule has 0 atom stereocenters. The molecular formula is C25H21NO2. The van der Waals surface area contributed by atoms with Crippen molar-refractivity contribution < 1.29 is 9.53 Å². The molecule has 0 unspecified atom stereocenters. The van der Waals surface area contributed by atoms with E-state index in [1.165, 1.54) is 0 Å². The molecule has 138 valence electrons. The fraction of sp³-hybridized carbons (Fsp3) is 0.0800. The third-order valence-electron chi connectivity index (χ3n) is 4.73. The molecule has 0 aliphatic rings. The van der Waals surface area contributed by atoms with Crippen molar-refractivity contribution >= 4 is 5.97 Å². The second-order valence-electron chi connectivity index (χ2n) is 6.67. The lowest BCUT2D eigenvalue weighted by atomic mass is 9.97. The first kappa shape index (κ1) is 17.8. The molecule has 28 heavy (non-hydrogen) atoms. The van der Waals surface area contributed by atoms with Gasteiger partial charge in [0.2, 0.25) is 0 Å². The Labute approximate surface area is 164 Å². The molecule has 3 aromatic carbocycles. The third kappa shape index (κ3) is 3.60. The van der Waals surface area contributed by atoms with Gasteiger partial charge in [0.1, 0.15) is 6.61 Å². The average molecular weight is 367 g/mol. The lowest BCUT2D eigenvalue weighted by Gasteiger charge is -2.09. The molecule has 1 heterocycles. The van der Waals surface area contributed by atoms with Gasteiger partial charge in [0, 0.05) is 11.3 Å². The lowest BCUT2D eigenvalue weighted by molar-refractivity contribution is 0.0473. The fourth-order valence-electron chi connectivity index (χ4n) is 3.39. The molecule has 0 saturated carbocycles. The van der Waals surface area contributed by atoms with E-state index in [0.717, 1.165) is 33.6 Å². The molecule has 4 rings (SSSR count). The smallest absolute Gasteiger partial charge is 0.340 e. The zero-order chi connectivity index (χ0) is 19.3. The van der Waals surface area contributed by atoms with E-state index in [2.05, 4.69) is 4.98 Å². The first-order valence-corrected chi connectivity index (χ1v) is 9.28. The standard InChI is InChI=1S/C25H21NO2/c1-18-22(25(27)28-17-19-11-5-2-6-12-19)23(20-13-7-3-8-14-20)24(26-18)21-15-9-4-10-16-21/h2-16,26H,17H2,1H3. The molecule has 0 radical (unpaired) electrons. The minimum absolute atomic E-state index is 0.249. The molecule has 3 heteroatoms. The van der Waals surface area contributed by atoms with Crippen LogP contribution in [0.3, 0.4) is 0 Å². The van der Waals surface area contributed by atoms with Crippen LogP contribution in [0.25, 0.3) is 22.4 Å². The van der Waals surface area contributed by atoms with Crippen molar-refractivity contribution in [2.24, 2.45) is 0 Å². The van der Waals surface area contributed by atoms with Gasteiger partial charge in [-0.25, -0.2) is 4.79 Å². The van der Waals surface area contributed by atoms with Gasteiger partial charge in [-0.15, -0.1) is 0 Å². The van der Waals surface area contributed by atoms with Gasteiger partial charge in [-0.05, 0) is 23.6 Å². The van der Waals surface area contributed by atoms with E-state index in [1.54, 1.807) is 0 Å². The van der Waals surface area contributed by atoms with Crippen molar-refractivity contribution in [2.45, 2.75) is 13.5 Å². The van der Waals surface area contributed by atoms with Crippen molar-refractivity contribution in [2.75, 3.05) is 0 Å². The summed E-state index contributed by atoms with van der Waals surface area (Å²) in [7, 11) is 0. The predicted molar refractivity (Wildman–Crippen MR) is 112 cm³/mol. The minimum Gasteiger partial charge on any atom is -0.457 e. The van der Waals surface area contributed by atoms with Gasteiger partial charge in [0.25, 0.3) is 0 Å². The van der Waals surface area contributed by atoms with Crippen LogP contribution in [0.2, 0.25) is 0 Å². The Bertz CT molecular complexity index is 1070. The highest BCUT2D eigenvalue weighted by atomic mass is 16.5. The molecule has 0 spiro atoms. The molecule has 0 aliphatic heterocycles. The van der Waals surface area contributed by atoms with Crippen LogP contribution in [0, 0.1) is 6.92 Å². The van der Waals surface area contributed by atoms with Gasteiger partial charge in [0.05, 0.1) is 11.3 Å². The second-order valence-corrected chi connectivity index (χ2v) is 6.67. The Morgan fingerprint density at radius 1 is 0.786 bits per heavy atom. The van der Waals surface area contributed by atoms with Gasteiger partial charge >= 0.3 is 5.97 Å². The molecule has 0 fully saturated rings. The molecule has 0 amide bonds. The Hall–Kier alpha value is -3.59. The topological polar surface area (TPSA) is 42.1 Å². The van der Waals surface area contributed by atoms with Crippen LogP contribution >= 0.6 is 0 Å². The summed E-state index contributed by atoms with van der Waals surface area (Å²) in [6.45, 7) is 2.16. The van der Waals surface area contributed by atoms with Crippen LogP contribution in [-0.4, -0.2) is 11.0 Å². The van der Waals surface area contributed by atoms with Gasteiger partial charge in [-0.3, -0.25) is 0 Å².